The molecule has 0 aromatic heterocycles. The Bertz CT molecular complexity index is 528. The van der Waals surface area contributed by atoms with E-state index in [-0.39, 0.29) is 10.6 Å². The van der Waals surface area contributed by atoms with Crippen molar-refractivity contribution in [3.8, 4) is 0 Å². The summed E-state index contributed by atoms with van der Waals surface area (Å²) in [7, 11) is -1.96. The first kappa shape index (κ1) is 13.3. The van der Waals surface area contributed by atoms with E-state index in [2.05, 4.69) is 0 Å². The molecule has 0 N–H and O–H groups in total. The highest BCUT2D eigenvalue weighted by Gasteiger charge is 2.14. The minimum absolute atomic E-state index is 0.119. The minimum Gasteiger partial charge on any atom is -0.276 e. The summed E-state index contributed by atoms with van der Waals surface area (Å²) in [5.74, 6) is 0. The summed E-state index contributed by atoms with van der Waals surface area (Å²) in [6, 6.07) is 4.22. The molecule has 0 amide bonds. The summed E-state index contributed by atoms with van der Waals surface area (Å²) in [6.07, 6.45) is 1.07. The predicted molar refractivity (Wildman–Crippen MR) is 64.9 cm³/mol. The first-order valence-corrected chi connectivity index (χ1v) is 6.77. The van der Waals surface area contributed by atoms with Gasteiger partial charge in [-0.3, -0.25) is 9.10 Å². The van der Waals surface area contributed by atoms with Crippen LogP contribution < -0.4 is 4.31 Å². The van der Waals surface area contributed by atoms with Crippen molar-refractivity contribution in [2.24, 2.45) is 0 Å². The second-order valence-corrected chi connectivity index (χ2v) is 5.93. The Labute approximate surface area is 104 Å². The molecule has 16 heavy (non-hydrogen) atoms. The summed E-state index contributed by atoms with van der Waals surface area (Å²) in [5, 5.41) is -0.563. The molecule has 0 aliphatic heterocycles. The van der Waals surface area contributed by atoms with Crippen LogP contribution in [0.5, 0.6) is 0 Å². The molecular formula is C9H9Cl2NO3S. The molecule has 88 valence electrons. The van der Waals surface area contributed by atoms with Gasteiger partial charge in [0.05, 0.1) is 22.5 Å². The summed E-state index contributed by atoms with van der Waals surface area (Å²) in [6.45, 7) is 0. The van der Waals surface area contributed by atoms with Crippen molar-refractivity contribution >= 4 is 44.2 Å². The van der Waals surface area contributed by atoms with Gasteiger partial charge in [-0.15, -0.1) is 0 Å². The molecule has 0 saturated carbocycles. The van der Waals surface area contributed by atoms with Crippen molar-refractivity contribution in [1.82, 2.24) is 0 Å². The number of hydrogen-bond acceptors (Lipinski definition) is 3. The largest absolute Gasteiger partial charge is 0.276 e. The van der Waals surface area contributed by atoms with E-state index in [0.29, 0.717) is 5.69 Å². The number of rotatable bonds is 3. The van der Waals surface area contributed by atoms with Gasteiger partial charge in [0, 0.05) is 7.05 Å². The van der Waals surface area contributed by atoms with Gasteiger partial charge >= 0.3 is 0 Å². The lowest BCUT2D eigenvalue weighted by Gasteiger charge is -2.17. The number of anilines is 1. The fraction of sp³-hybridized carbons (Fsp3) is 0.222. The second-order valence-electron chi connectivity index (χ2n) is 3.17. The van der Waals surface area contributed by atoms with Gasteiger partial charge in [0.1, 0.15) is 0 Å². The third-order valence-corrected chi connectivity index (χ3v) is 3.75. The van der Waals surface area contributed by atoms with Gasteiger partial charge in [-0.25, -0.2) is 8.42 Å². The molecule has 0 spiro atoms. The third kappa shape index (κ3) is 2.87. The lowest BCUT2D eigenvalue weighted by Crippen LogP contribution is -2.24. The molecule has 0 fully saturated rings. The number of sulfonamides is 1. The molecule has 0 atom stereocenters. The molecule has 1 rings (SSSR count). The Morgan fingerprint density at radius 3 is 2.31 bits per heavy atom. The van der Waals surface area contributed by atoms with Crippen LogP contribution in [-0.4, -0.2) is 27.0 Å². The molecule has 0 aliphatic carbocycles. The molecule has 0 heterocycles. The van der Waals surface area contributed by atoms with E-state index in [0.717, 1.165) is 10.6 Å². The summed E-state index contributed by atoms with van der Waals surface area (Å²) in [4.78, 5) is 10.9. The molecule has 0 saturated heterocycles. The normalized spacial score (nSPS) is 11.2. The van der Waals surface area contributed by atoms with Crippen LogP contribution in [-0.2, 0) is 10.0 Å². The molecule has 0 unspecified atom stereocenters. The zero-order chi connectivity index (χ0) is 12.5. The molecule has 1 aromatic carbocycles. The van der Waals surface area contributed by atoms with Crippen LogP contribution in [0.4, 0.5) is 5.69 Å². The van der Waals surface area contributed by atoms with E-state index >= 15 is 0 Å². The lowest BCUT2D eigenvalue weighted by molar-refractivity contribution is 0.108. The van der Waals surface area contributed by atoms with Gasteiger partial charge in [0.15, 0.2) is 0 Å². The van der Waals surface area contributed by atoms with Crippen molar-refractivity contribution in [2.75, 3.05) is 17.6 Å². The summed E-state index contributed by atoms with van der Waals surface area (Å²) in [5.41, 5.74) is 0.517. The molecule has 0 bridgehead atoms. The number of hydrogen-bond donors (Lipinski definition) is 0. The van der Waals surface area contributed by atoms with Crippen LogP contribution in [0.15, 0.2) is 18.2 Å². The zero-order valence-electron chi connectivity index (χ0n) is 8.57. The van der Waals surface area contributed by atoms with Crippen molar-refractivity contribution in [1.29, 1.82) is 0 Å². The van der Waals surface area contributed by atoms with E-state index in [9.17, 15) is 13.2 Å². The maximum absolute atomic E-state index is 11.3. The molecule has 0 aliphatic rings. The Morgan fingerprint density at radius 2 is 1.94 bits per heavy atom. The highest BCUT2D eigenvalue weighted by molar-refractivity contribution is 7.92. The number of benzene rings is 1. The third-order valence-electron chi connectivity index (χ3n) is 2.03. The highest BCUT2D eigenvalue weighted by Crippen LogP contribution is 2.25. The lowest BCUT2D eigenvalue weighted by atomic mass is 10.2. The fourth-order valence-electron chi connectivity index (χ4n) is 1.05. The molecule has 4 nitrogen and oxygen atoms in total. The second kappa shape index (κ2) is 4.61. The number of nitrogens with zero attached hydrogens (tertiary/aromatic N) is 1. The van der Waals surface area contributed by atoms with Crippen LogP contribution in [0.3, 0.4) is 0 Å². The fourth-order valence-corrected chi connectivity index (χ4v) is 2.02. The van der Waals surface area contributed by atoms with Crippen molar-refractivity contribution in [2.45, 2.75) is 0 Å². The van der Waals surface area contributed by atoms with Crippen molar-refractivity contribution in [3.05, 3.63) is 28.8 Å². The topological polar surface area (TPSA) is 54.5 Å². The van der Waals surface area contributed by atoms with Gasteiger partial charge < -0.3 is 0 Å². The Hall–Kier alpha value is -0.780. The smallest absolute Gasteiger partial charge is 0.253 e. The first-order valence-electron chi connectivity index (χ1n) is 4.17. The van der Waals surface area contributed by atoms with Crippen molar-refractivity contribution < 1.29 is 13.2 Å². The van der Waals surface area contributed by atoms with Crippen LogP contribution in [0.25, 0.3) is 0 Å². The van der Waals surface area contributed by atoms with Gasteiger partial charge in [0.25, 0.3) is 5.24 Å². The Morgan fingerprint density at radius 1 is 1.38 bits per heavy atom. The first-order chi connectivity index (χ1) is 7.23. The van der Waals surface area contributed by atoms with Gasteiger partial charge in [-0.05, 0) is 29.8 Å². The zero-order valence-corrected chi connectivity index (χ0v) is 10.9. The summed E-state index contributed by atoms with van der Waals surface area (Å²) >= 11 is 11.1. The average molecular weight is 282 g/mol. The van der Waals surface area contributed by atoms with E-state index in [1.807, 2.05) is 0 Å². The van der Waals surface area contributed by atoms with Gasteiger partial charge in [-0.1, -0.05) is 11.6 Å². The van der Waals surface area contributed by atoms with Gasteiger partial charge in [0.2, 0.25) is 10.0 Å². The molecule has 0 radical (unpaired) electrons. The molecule has 1 aromatic rings. The van der Waals surface area contributed by atoms with Gasteiger partial charge in [-0.2, -0.15) is 0 Å². The Kier molecular flexibility index (Phi) is 3.83. The van der Waals surface area contributed by atoms with Crippen LogP contribution >= 0.6 is 23.2 Å². The predicted octanol–water partition coefficient (Wildman–Crippen LogP) is 2.11. The Balaban J connectivity index is 3.21. The van der Waals surface area contributed by atoms with Crippen molar-refractivity contribution in [3.63, 3.8) is 0 Å². The average Bonchev–Trinajstić information content (AvgIpc) is 2.14. The van der Waals surface area contributed by atoms with E-state index in [1.165, 1.54) is 25.2 Å². The molecule has 7 heteroatoms. The number of halogens is 2. The highest BCUT2D eigenvalue weighted by atomic mass is 35.5. The number of carbonyl (C=O) groups is 1. The standard InChI is InChI=1S/C9H9Cl2NO3S/c1-12(16(2,14)15)6-3-4-7(9(11)13)8(10)5-6/h3-5H,1-2H3. The van der Waals surface area contributed by atoms with E-state index < -0.39 is 15.3 Å². The van der Waals surface area contributed by atoms with Crippen LogP contribution in [0.2, 0.25) is 5.02 Å². The maximum Gasteiger partial charge on any atom is 0.253 e. The quantitative estimate of drug-likeness (QED) is 0.798. The monoisotopic (exact) mass is 281 g/mol. The van der Waals surface area contributed by atoms with E-state index in [4.69, 9.17) is 23.2 Å². The van der Waals surface area contributed by atoms with E-state index in [1.54, 1.807) is 0 Å². The number of carbonyl (C=O) groups excluding carboxylic acids is 1. The SMILES string of the molecule is CN(c1ccc(C(=O)Cl)c(Cl)c1)S(C)(=O)=O. The summed E-state index contributed by atoms with van der Waals surface area (Å²) < 4.78 is 23.6. The van der Waals surface area contributed by atoms with Crippen LogP contribution in [0, 0.1) is 0 Å². The minimum atomic E-state index is -3.35. The molecular weight excluding hydrogens is 273 g/mol. The maximum atomic E-state index is 11.3. The van der Waals surface area contributed by atoms with Crippen LogP contribution in [0.1, 0.15) is 10.4 Å².